The lowest BCUT2D eigenvalue weighted by Crippen LogP contribution is -1.94. The van der Waals surface area contributed by atoms with Gasteiger partial charge in [-0.3, -0.25) is 0 Å². The van der Waals surface area contributed by atoms with Crippen LogP contribution in [0.15, 0.2) is 40.9 Å². The number of rotatable bonds is 2. The number of carboxylic acid groups (broad SMARTS) is 1. The SMILES string of the molecule is O=C(O)c1ccc2nc(-c3cc(Cl)ccc3Br)sc2c1. The molecule has 100 valence electrons. The molecular weight excluding hydrogens is 362 g/mol. The molecule has 2 aromatic carbocycles. The average molecular weight is 369 g/mol. The summed E-state index contributed by atoms with van der Waals surface area (Å²) in [6.45, 7) is 0. The number of nitrogens with zero attached hydrogens (tertiary/aromatic N) is 1. The molecule has 0 fully saturated rings. The zero-order chi connectivity index (χ0) is 14.3. The molecule has 0 aliphatic carbocycles. The summed E-state index contributed by atoms with van der Waals surface area (Å²) < 4.78 is 1.74. The van der Waals surface area contributed by atoms with E-state index in [2.05, 4.69) is 20.9 Å². The third-order valence-electron chi connectivity index (χ3n) is 2.79. The van der Waals surface area contributed by atoms with Gasteiger partial charge in [0.25, 0.3) is 0 Å². The van der Waals surface area contributed by atoms with Gasteiger partial charge in [0.1, 0.15) is 5.01 Å². The molecule has 3 nitrogen and oxygen atoms in total. The molecule has 0 spiro atoms. The molecule has 0 aliphatic rings. The molecule has 0 radical (unpaired) electrons. The first-order valence-electron chi connectivity index (χ1n) is 5.64. The average Bonchev–Trinajstić information content (AvgIpc) is 2.83. The molecule has 6 heteroatoms. The number of aromatic nitrogens is 1. The van der Waals surface area contributed by atoms with E-state index in [4.69, 9.17) is 16.7 Å². The predicted octanol–water partition coefficient (Wildman–Crippen LogP) is 5.08. The highest BCUT2D eigenvalue weighted by Gasteiger charge is 2.12. The number of thiazole rings is 1. The van der Waals surface area contributed by atoms with Crippen molar-refractivity contribution in [2.45, 2.75) is 0 Å². The molecule has 0 amide bonds. The molecule has 1 heterocycles. The minimum atomic E-state index is -0.939. The van der Waals surface area contributed by atoms with E-state index in [9.17, 15) is 4.79 Å². The van der Waals surface area contributed by atoms with Crippen molar-refractivity contribution in [3.63, 3.8) is 0 Å². The summed E-state index contributed by atoms with van der Waals surface area (Å²) in [5, 5.41) is 10.4. The van der Waals surface area contributed by atoms with Crippen LogP contribution in [0.3, 0.4) is 0 Å². The van der Waals surface area contributed by atoms with Gasteiger partial charge in [-0.1, -0.05) is 27.5 Å². The van der Waals surface area contributed by atoms with E-state index in [-0.39, 0.29) is 5.56 Å². The van der Waals surface area contributed by atoms with E-state index in [1.165, 1.54) is 11.3 Å². The highest BCUT2D eigenvalue weighted by atomic mass is 79.9. The van der Waals surface area contributed by atoms with Crippen LogP contribution >= 0.6 is 38.9 Å². The fourth-order valence-corrected chi connectivity index (χ4v) is 3.61. The summed E-state index contributed by atoms with van der Waals surface area (Å²) in [5.41, 5.74) is 1.94. The molecule has 1 aromatic heterocycles. The van der Waals surface area contributed by atoms with E-state index in [0.29, 0.717) is 5.02 Å². The molecule has 0 saturated carbocycles. The smallest absolute Gasteiger partial charge is 0.335 e. The first kappa shape index (κ1) is 13.5. The fourth-order valence-electron chi connectivity index (χ4n) is 1.83. The predicted molar refractivity (Wildman–Crippen MR) is 84.7 cm³/mol. The number of carboxylic acids is 1. The second-order valence-electron chi connectivity index (χ2n) is 4.13. The van der Waals surface area contributed by atoms with E-state index in [1.807, 2.05) is 12.1 Å². The number of fused-ring (bicyclic) bond motifs is 1. The van der Waals surface area contributed by atoms with Gasteiger partial charge in [-0.15, -0.1) is 11.3 Å². The van der Waals surface area contributed by atoms with Crippen molar-refractivity contribution in [1.82, 2.24) is 4.98 Å². The lowest BCUT2D eigenvalue weighted by Gasteiger charge is -2.00. The molecule has 0 atom stereocenters. The minimum absolute atomic E-state index is 0.262. The normalized spacial score (nSPS) is 10.9. The van der Waals surface area contributed by atoms with Crippen LogP contribution in [0.2, 0.25) is 5.02 Å². The molecule has 0 aliphatic heterocycles. The Labute approximate surface area is 132 Å². The maximum atomic E-state index is 11.0. The van der Waals surface area contributed by atoms with Crippen molar-refractivity contribution in [3.05, 3.63) is 51.5 Å². The molecule has 3 rings (SSSR count). The van der Waals surface area contributed by atoms with Crippen molar-refractivity contribution in [2.75, 3.05) is 0 Å². The van der Waals surface area contributed by atoms with Crippen LogP contribution in [0.5, 0.6) is 0 Å². The van der Waals surface area contributed by atoms with Crippen LogP contribution < -0.4 is 0 Å². The van der Waals surface area contributed by atoms with Gasteiger partial charge >= 0.3 is 5.97 Å². The first-order chi connectivity index (χ1) is 9.54. The highest BCUT2D eigenvalue weighted by Crippen LogP contribution is 2.36. The van der Waals surface area contributed by atoms with Crippen LogP contribution in [0.25, 0.3) is 20.8 Å². The second kappa shape index (κ2) is 5.16. The monoisotopic (exact) mass is 367 g/mol. The third-order valence-corrected chi connectivity index (χ3v) is 4.77. The standard InChI is InChI=1S/C14H7BrClNO2S/c15-10-3-2-8(16)6-9(10)13-17-11-4-1-7(14(18)19)5-12(11)20-13/h1-6H,(H,18,19). The zero-order valence-corrected chi connectivity index (χ0v) is 13.1. The Hall–Kier alpha value is -1.43. The number of carbonyl (C=O) groups is 1. The Morgan fingerprint density at radius 3 is 2.80 bits per heavy atom. The van der Waals surface area contributed by atoms with E-state index >= 15 is 0 Å². The van der Waals surface area contributed by atoms with Crippen LogP contribution in [0, 0.1) is 0 Å². The number of aromatic carboxylic acids is 1. The summed E-state index contributed by atoms with van der Waals surface area (Å²) in [5.74, 6) is -0.939. The largest absolute Gasteiger partial charge is 0.478 e. The lowest BCUT2D eigenvalue weighted by molar-refractivity contribution is 0.0697. The summed E-state index contributed by atoms with van der Waals surface area (Å²) >= 11 is 10.9. The quantitative estimate of drug-likeness (QED) is 0.686. The Bertz CT molecular complexity index is 831. The Balaban J connectivity index is 2.17. The molecular formula is C14H7BrClNO2S. The number of benzene rings is 2. The molecule has 20 heavy (non-hydrogen) atoms. The van der Waals surface area contributed by atoms with Gasteiger partial charge in [-0.05, 0) is 36.4 Å². The first-order valence-corrected chi connectivity index (χ1v) is 7.62. The minimum Gasteiger partial charge on any atom is -0.478 e. The topological polar surface area (TPSA) is 50.2 Å². The van der Waals surface area contributed by atoms with Crippen molar-refractivity contribution in [3.8, 4) is 10.6 Å². The second-order valence-corrected chi connectivity index (χ2v) is 6.45. The van der Waals surface area contributed by atoms with Crippen molar-refractivity contribution in [2.24, 2.45) is 0 Å². The third kappa shape index (κ3) is 2.44. The van der Waals surface area contributed by atoms with Gasteiger partial charge < -0.3 is 5.11 Å². The van der Waals surface area contributed by atoms with E-state index < -0.39 is 5.97 Å². The van der Waals surface area contributed by atoms with Crippen LogP contribution in [0.1, 0.15) is 10.4 Å². The molecule has 0 unspecified atom stereocenters. The van der Waals surface area contributed by atoms with Gasteiger partial charge in [-0.2, -0.15) is 0 Å². The maximum Gasteiger partial charge on any atom is 0.335 e. The molecule has 1 N–H and O–H groups in total. The van der Waals surface area contributed by atoms with E-state index in [0.717, 1.165) is 25.3 Å². The summed E-state index contributed by atoms with van der Waals surface area (Å²) in [7, 11) is 0. The number of halogens is 2. The summed E-state index contributed by atoms with van der Waals surface area (Å²) in [4.78, 5) is 15.5. The summed E-state index contributed by atoms with van der Waals surface area (Å²) in [6, 6.07) is 10.4. The van der Waals surface area contributed by atoms with Gasteiger partial charge in [0.2, 0.25) is 0 Å². The van der Waals surface area contributed by atoms with Crippen LogP contribution in [-0.4, -0.2) is 16.1 Å². The van der Waals surface area contributed by atoms with Gasteiger partial charge in [-0.25, -0.2) is 9.78 Å². The summed E-state index contributed by atoms with van der Waals surface area (Å²) in [6.07, 6.45) is 0. The van der Waals surface area contributed by atoms with E-state index in [1.54, 1.807) is 24.3 Å². The zero-order valence-electron chi connectivity index (χ0n) is 9.93. The number of hydrogen-bond donors (Lipinski definition) is 1. The number of hydrogen-bond acceptors (Lipinski definition) is 3. The van der Waals surface area contributed by atoms with Crippen molar-refractivity contribution >= 4 is 55.1 Å². The molecule has 0 bridgehead atoms. The fraction of sp³-hybridized carbons (Fsp3) is 0. The van der Waals surface area contributed by atoms with Gasteiger partial charge in [0.05, 0.1) is 15.8 Å². The van der Waals surface area contributed by atoms with Gasteiger partial charge in [0, 0.05) is 15.1 Å². The Kier molecular flexibility index (Phi) is 3.50. The van der Waals surface area contributed by atoms with Crippen molar-refractivity contribution < 1.29 is 9.90 Å². The Morgan fingerprint density at radius 2 is 2.05 bits per heavy atom. The lowest BCUT2D eigenvalue weighted by atomic mass is 10.2. The Morgan fingerprint density at radius 1 is 1.25 bits per heavy atom. The molecule has 3 aromatic rings. The van der Waals surface area contributed by atoms with Crippen LogP contribution in [-0.2, 0) is 0 Å². The maximum absolute atomic E-state index is 11.0. The molecule has 0 saturated heterocycles. The van der Waals surface area contributed by atoms with Crippen LogP contribution in [0.4, 0.5) is 0 Å². The van der Waals surface area contributed by atoms with Crippen molar-refractivity contribution in [1.29, 1.82) is 0 Å². The highest BCUT2D eigenvalue weighted by molar-refractivity contribution is 9.10. The van der Waals surface area contributed by atoms with Gasteiger partial charge in [0.15, 0.2) is 0 Å².